The fourth-order valence-corrected chi connectivity index (χ4v) is 1.50. The number of ketones is 1. The molecule has 1 rings (SSSR count). The summed E-state index contributed by atoms with van der Waals surface area (Å²) in [6.07, 6.45) is -4.53. The van der Waals surface area contributed by atoms with Gasteiger partial charge in [-0.15, -0.1) is 24.8 Å². The second kappa shape index (κ2) is 5.39. The number of hydrogen-bond donors (Lipinski definition) is 0. The average Bonchev–Trinajstić information content (AvgIpc) is 2.25. The molecule has 0 amide bonds. The standard InChI is InChI=1S/C11H8ClF3O3/c1-6(17)10(12)9-3-2-8(4-7(9)5-16)18-11(13,14)15/h2-5,10H,1H3. The molecule has 0 fully saturated rings. The van der Waals surface area contributed by atoms with Crippen molar-refractivity contribution in [3.8, 4) is 5.75 Å². The molecule has 98 valence electrons. The van der Waals surface area contributed by atoms with Crippen LogP contribution in [0.1, 0.15) is 28.2 Å². The van der Waals surface area contributed by atoms with E-state index in [-0.39, 0.29) is 11.1 Å². The van der Waals surface area contributed by atoms with Crippen molar-refractivity contribution in [2.45, 2.75) is 18.7 Å². The van der Waals surface area contributed by atoms with Crippen LogP contribution in [0.25, 0.3) is 0 Å². The summed E-state index contributed by atoms with van der Waals surface area (Å²) in [5.41, 5.74) is 0.0284. The molecule has 0 aliphatic rings. The molecule has 0 aromatic heterocycles. The summed E-state index contributed by atoms with van der Waals surface area (Å²) in [4.78, 5) is 21.8. The van der Waals surface area contributed by atoms with Crippen molar-refractivity contribution in [2.24, 2.45) is 0 Å². The van der Waals surface area contributed by atoms with E-state index in [1.807, 2.05) is 0 Å². The lowest BCUT2D eigenvalue weighted by atomic mass is 10.0. The molecular formula is C11H8ClF3O3. The van der Waals surface area contributed by atoms with Gasteiger partial charge in [0.1, 0.15) is 11.1 Å². The molecule has 0 radical (unpaired) electrons. The number of carbonyl (C=O) groups excluding carboxylic acids is 2. The highest BCUT2D eigenvalue weighted by Crippen LogP contribution is 2.29. The highest BCUT2D eigenvalue weighted by atomic mass is 35.5. The van der Waals surface area contributed by atoms with Gasteiger partial charge in [0.25, 0.3) is 0 Å². The monoisotopic (exact) mass is 280 g/mol. The maximum absolute atomic E-state index is 12.0. The van der Waals surface area contributed by atoms with Crippen LogP contribution < -0.4 is 4.74 Å². The third-order valence-corrected chi connectivity index (χ3v) is 2.59. The second-order valence-electron chi connectivity index (χ2n) is 3.43. The van der Waals surface area contributed by atoms with Crippen LogP contribution in [0.15, 0.2) is 18.2 Å². The minimum Gasteiger partial charge on any atom is -0.406 e. The second-order valence-corrected chi connectivity index (χ2v) is 3.87. The topological polar surface area (TPSA) is 43.4 Å². The van der Waals surface area contributed by atoms with Gasteiger partial charge in [-0.05, 0) is 24.6 Å². The van der Waals surface area contributed by atoms with Gasteiger partial charge in [0, 0.05) is 5.56 Å². The van der Waals surface area contributed by atoms with Gasteiger partial charge in [-0.3, -0.25) is 9.59 Å². The van der Waals surface area contributed by atoms with E-state index in [0.717, 1.165) is 18.2 Å². The largest absolute Gasteiger partial charge is 0.573 e. The van der Waals surface area contributed by atoms with Gasteiger partial charge in [0.05, 0.1) is 0 Å². The number of rotatable bonds is 4. The van der Waals surface area contributed by atoms with Crippen LogP contribution in [0.5, 0.6) is 5.75 Å². The number of carbonyl (C=O) groups is 2. The Kier molecular flexibility index (Phi) is 4.34. The van der Waals surface area contributed by atoms with Crippen molar-refractivity contribution in [2.75, 3.05) is 0 Å². The Morgan fingerprint density at radius 3 is 2.50 bits per heavy atom. The normalized spacial score (nSPS) is 12.9. The Hall–Kier alpha value is -1.56. The number of Topliss-reactive ketones (excluding diaryl/α,β-unsaturated/α-hetero) is 1. The molecule has 7 heteroatoms. The first-order valence-electron chi connectivity index (χ1n) is 4.74. The van der Waals surface area contributed by atoms with Gasteiger partial charge in [-0.2, -0.15) is 0 Å². The Morgan fingerprint density at radius 1 is 1.44 bits per heavy atom. The highest BCUT2D eigenvalue weighted by molar-refractivity contribution is 6.31. The molecular weight excluding hydrogens is 273 g/mol. The first-order chi connectivity index (χ1) is 8.24. The van der Waals surface area contributed by atoms with Gasteiger partial charge in [-0.1, -0.05) is 6.07 Å². The zero-order valence-electron chi connectivity index (χ0n) is 9.12. The van der Waals surface area contributed by atoms with E-state index in [1.165, 1.54) is 6.92 Å². The van der Waals surface area contributed by atoms with E-state index in [9.17, 15) is 22.8 Å². The van der Waals surface area contributed by atoms with Gasteiger partial charge in [-0.25, -0.2) is 0 Å². The fourth-order valence-electron chi connectivity index (χ4n) is 1.30. The zero-order chi connectivity index (χ0) is 13.9. The van der Waals surface area contributed by atoms with E-state index >= 15 is 0 Å². The molecule has 0 spiro atoms. The molecule has 0 N–H and O–H groups in total. The number of aldehydes is 1. The molecule has 1 unspecified atom stereocenters. The van der Waals surface area contributed by atoms with E-state index < -0.39 is 23.3 Å². The molecule has 0 saturated heterocycles. The Balaban J connectivity index is 3.11. The summed E-state index contributed by atoms with van der Waals surface area (Å²) in [6, 6.07) is 3.03. The van der Waals surface area contributed by atoms with E-state index in [0.29, 0.717) is 6.29 Å². The van der Waals surface area contributed by atoms with Crippen molar-refractivity contribution in [1.29, 1.82) is 0 Å². The quantitative estimate of drug-likeness (QED) is 0.628. The summed E-state index contributed by atoms with van der Waals surface area (Å²) in [6.45, 7) is 1.21. The number of halogens is 4. The van der Waals surface area contributed by atoms with Crippen molar-refractivity contribution < 1.29 is 27.5 Å². The number of hydrogen-bond acceptors (Lipinski definition) is 3. The lowest BCUT2D eigenvalue weighted by molar-refractivity contribution is -0.274. The van der Waals surface area contributed by atoms with E-state index in [4.69, 9.17) is 11.6 Å². The van der Waals surface area contributed by atoms with Gasteiger partial charge in [0.2, 0.25) is 0 Å². The van der Waals surface area contributed by atoms with Crippen LogP contribution in [0, 0.1) is 0 Å². The average molecular weight is 281 g/mol. The molecule has 0 aliphatic carbocycles. The number of alkyl halides is 4. The van der Waals surface area contributed by atoms with Crippen molar-refractivity contribution >= 4 is 23.7 Å². The molecule has 0 bridgehead atoms. The molecule has 1 atom stereocenters. The third kappa shape index (κ3) is 3.73. The number of benzene rings is 1. The maximum Gasteiger partial charge on any atom is 0.573 e. The maximum atomic E-state index is 12.0. The predicted octanol–water partition coefficient (Wildman–Crippen LogP) is 3.27. The molecule has 0 heterocycles. The summed E-state index contributed by atoms with van der Waals surface area (Å²) in [5.74, 6) is -0.954. The van der Waals surface area contributed by atoms with Gasteiger partial charge in [0.15, 0.2) is 12.1 Å². The lowest BCUT2D eigenvalue weighted by Gasteiger charge is -2.12. The minimum absolute atomic E-state index is 0.119. The smallest absolute Gasteiger partial charge is 0.406 e. The molecule has 0 aliphatic heterocycles. The van der Waals surface area contributed by atoms with E-state index in [1.54, 1.807) is 0 Å². The number of ether oxygens (including phenoxy) is 1. The van der Waals surface area contributed by atoms with Crippen LogP contribution in [-0.2, 0) is 4.79 Å². The fraction of sp³-hybridized carbons (Fsp3) is 0.273. The third-order valence-electron chi connectivity index (χ3n) is 2.05. The molecule has 0 saturated carbocycles. The van der Waals surface area contributed by atoms with Gasteiger partial charge >= 0.3 is 6.36 Å². The summed E-state index contributed by atoms with van der Waals surface area (Å²) >= 11 is 5.74. The van der Waals surface area contributed by atoms with Crippen molar-refractivity contribution in [3.05, 3.63) is 29.3 Å². The first-order valence-corrected chi connectivity index (χ1v) is 5.17. The van der Waals surface area contributed by atoms with Crippen LogP contribution >= 0.6 is 11.6 Å². The van der Waals surface area contributed by atoms with Gasteiger partial charge < -0.3 is 4.74 Å². The Labute approximate surface area is 105 Å². The molecule has 1 aromatic rings. The zero-order valence-corrected chi connectivity index (χ0v) is 9.88. The SMILES string of the molecule is CC(=O)C(Cl)c1ccc(OC(F)(F)F)cc1C=O. The Morgan fingerprint density at radius 2 is 2.06 bits per heavy atom. The van der Waals surface area contributed by atoms with Crippen molar-refractivity contribution in [1.82, 2.24) is 0 Å². The minimum atomic E-state index is -4.84. The molecule has 18 heavy (non-hydrogen) atoms. The Bertz CT molecular complexity index is 471. The van der Waals surface area contributed by atoms with Crippen LogP contribution in [0.3, 0.4) is 0 Å². The van der Waals surface area contributed by atoms with Crippen LogP contribution in [-0.4, -0.2) is 18.4 Å². The van der Waals surface area contributed by atoms with Crippen molar-refractivity contribution in [3.63, 3.8) is 0 Å². The van der Waals surface area contributed by atoms with E-state index in [2.05, 4.69) is 4.74 Å². The summed E-state index contributed by atoms with van der Waals surface area (Å²) < 4.78 is 39.6. The summed E-state index contributed by atoms with van der Waals surface area (Å²) in [7, 11) is 0. The lowest BCUT2D eigenvalue weighted by Crippen LogP contribution is -2.17. The summed E-state index contributed by atoms with van der Waals surface area (Å²) in [5, 5.41) is -1.08. The molecule has 3 nitrogen and oxygen atoms in total. The predicted molar refractivity (Wildman–Crippen MR) is 57.8 cm³/mol. The highest BCUT2D eigenvalue weighted by Gasteiger charge is 2.31. The first kappa shape index (κ1) is 14.5. The molecule has 1 aromatic carbocycles. The van der Waals surface area contributed by atoms with Crippen LogP contribution in [0.4, 0.5) is 13.2 Å². The van der Waals surface area contributed by atoms with Crippen LogP contribution in [0.2, 0.25) is 0 Å².